The number of esters is 1. The molecule has 134 valence electrons. The Hall–Kier alpha value is -1.78. The van der Waals surface area contributed by atoms with E-state index in [4.69, 9.17) is 9.29 Å². The van der Waals surface area contributed by atoms with E-state index in [0.717, 1.165) is 24.0 Å². The number of hydrogen-bond donors (Lipinski definition) is 2. The number of alkyl halides is 2. The molecule has 10 heteroatoms. The molecule has 0 radical (unpaired) electrons. The van der Waals surface area contributed by atoms with Gasteiger partial charge in [-0.1, -0.05) is 6.07 Å². The number of carbonyl (C=O) groups is 1. The molecule has 0 saturated heterocycles. The molecule has 1 aliphatic carbocycles. The fraction of sp³-hybridized carbons (Fsp3) is 0.500. The number of fused-ring (bicyclic) bond motifs is 1. The Labute approximate surface area is 136 Å². The van der Waals surface area contributed by atoms with Crippen LogP contribution in [0.2, 0.25) is 0 Å². The zero-order valence-electron chi connectivity index (χ0n) is 12.4. The maximum Gasteiger partial charge on any atom is 0.465 e. The van der Waals surface area contributed by atoms with Crippen LogP contribution in [0, 0.1) is 0 Å². The van der Waals surface area contributed by atoms with Gasteiger partial charge in [0.1, 0.15) is 19.0 Å². The molecule has 0 aliphatic heterocycles. The van der Waals surface area contributed by atoms with Crippen LogP contribution in [0.3, 0.4) is 0 Å². The van der Waals surface area contributed by atoms with Crippen LogP contribution in [0.1, 0.15) is 30.1 Å². The summed E-state index contributed by atoms with van der Waals surface area (Å²) in [6.07, 6.45) is 1.77. The summed E-state index contributed by atoms with van der Waals surface area (Å²) in [7, 11) is -5.88. The van der Waals surface area contributed by atoms with Gasteiger partial charge in [-0.15, -0.1) is 0 Å². The Morgan fingerprint density at radius 1 is 1.33 bits per heavy atom. The molecular weight excluding hydrogens is 350 g/mol. The fourth-order valence-corrected chi connectivity index (χ4v) is 2.61. The van der Waals surface area contributed by atoms with E-state index in [1.807, 2.05) is 0 Å². The molecule has 0 heterocycles. The van der Waals surface area contributed by atoms with Crippen molar-refractivity contribution in [1.29, 1.82) is 0 Å². The summed E-state index contributed by atoms with van der Waals surface area (Å²) < 4.78 is 64.2. The highest BCUT2D eigenvalue weighted by molar-refractivity contribution is 7.87. The van der Waals surface area contributed by atoms with E-state index in [9.17, 15) is 27.1 Å². The maximum atomic E-state index is 12.9. The molecule has 1 aromatic rings. The molecule has 2 rings (SSSR count). The van der Waals surface area contributed by atoms with Crippen LogP contribution in [0.4, 0.5) is 8.78 Å². The van der Waals surface area contributed by atoms with Gasteiger partial charge in [0, 0.05) is 0 Å². The molecular formula is C14H16F2O7S. The largest absolute Gasteiger partial charge is 0.490 e. The van der Waals surface area contributed by atoms with E-state index in [1.165, 1.54) is 0 Å². The third-order valence-electron chi connectivity index (χ3n) is 3.54. The zero-order chi connectivity index (χ0) is 18.0. The highest BCUT2D eigenvalue weighted by Crippen LogP contribution is 2.31. The molecule has 1 aromatic carbocycles. The summed E-state index contributed by atoms with van der Waals surface area (Å²) in [5.74, 6) is -1.97. The molecule has 0 saturated carbocycles. The van der Waals surface area contributed by atoms with Crippen molar-refractivity contribution in [1.82, 2.24) is 0 Å². The predicted octanol–water partition coefficient (Wildman–Crippen LogP) is 1.46. The smallest absolute Gasteiger partial charge is 0.465 e. The number of carbonyl (C=O) groups excluding carboxylic acids is 1. The standard InChI is InChI=1S/C14H16F2O7S/c15-14(16,24(19,20)21)13(18)23-7-6-22-10-4-5-11-9(8-10)2-1-3-12(11)17/h4-5,8,12,17H,1-3,6-7H2,(H,19,20,21). The summed E-state index contributed by atoms with van der Waals surface area (Å²) in [5.41, 5.74) is 1.73. The number of aliphatic hydroxyl groups is 1. The Balaban J connectivity index is 1.86. The molecule has 0 amide bonds. The lowest BCUT2D eigenvalue weighted by molar-refractivity contribution is -0.162. The van der Waals surface area contributed by atoms with E-state index < -0.39 is 34.1 Å². The summed E-state index contributed by atoms with van der Waals surface area (Å²) in [6.45, 7) is -0.904. The molecule has 0 spiro atoms. The Kier molecular flexibility index (Phi) is 5.41. The van der Waals surface area contributed by atoms with Crippen LogP contribution < -0.4 is 4.74 Å². The molecule has 1 aliphatic rings. The first-order valence-corrected chi connectivity index (χ1v) is 8.52. The fourth-order valence-electron chi connectivity index (χ4n) is 2.34. The van der Waals surface area contributed by atoms with E-state index in [1.54, 1.807) is 18.2 Å². The van der Waals surface area contributed by atoms with Crippen LogP contribution >= 0.6 is 0 Å². The van der Waals surface area contributed by atoms with Gasteiger partial charge in [-0.25, -0.2) is 4.79 Å². The molecule has 1 atom stereocenters. The second-order valence-electron chi connectivity index (χ2n) is 5.24. The lowest BCUT2D eigenvalue weighted by Gasteiger charge is -2.21. The first-order chi connectivity index (χ1) is 11.1. The monoisotopic (exact) mass is 366 g/mol. The summed E-state index contributed by atoms with van der Waals surface area (Å²) >= 11 is 0. The SMILES string of the molecule is O=C(OCCOc1ccc2c(c1)CCCC2O)C(F)(F)S(=O)(=O)O. The van der Waals surface area contributed by atoms with Crippen LogP contribution in [-0.2, 0) is 26.1 Å². The van der Waals surface area contributed by atoms with Gasteiger partial charge in [-0.2, -0.15) is 17.2 Å². The molecule has 2 N–H and O–H groups in total. The Bertz CT molecular complexity index is 718. The van der Waals surface area contributed by atoms with Crippen molar-refractivity contribution in [3.8, 4) is 5.75 Å². The summed E-state index contributed by atoms with van der Waals surface area (Å²) in [6, 6.07) is 4.99. The second kappa shape index (κ2) is 6.99. The number of ether oxygens (including phenoxy) is 2. The van der Waals surface area contributed by atoms with Crippen molar-refractivity contribution < 1.29 is 41.1 Å². The minimum atomic E-state index is -5.88. The van der Waals surface area contributed by atoms with Crippen molar-refractivity contribution in [3.63, 3.8) is 0 Å². The van der Waals surface area contributed by atoms with E-state index in [2.05, 4.69) is 4.74 Å². The van der Waals surface area contributed by atoms with E-state index >= 15 is 0 Å². The maximum absolute atomic E-state index is 12.9. The average molecular weight is 366 g/mol. The number of hydrogen-bond acceptors (Lipinski definition) is 6. The quantitative estimate of drug-likeness (QED) is 0.445. The van der Waals surface area contributed by atoms with Gasteiger partial charge in [0.05, 0.1) is 6.10 Å². The van der Waals surface area contributed by atoms with Crippen molar-refractivity contribution >= 4 is 16.1 Å². The molecule has 7 nitrogen and oxygen atoms in total. The summed E-state index contributed by atoms with van der Waals surface area (Å²) in [4.78, 5) is 11.0. The van der Waals surface area contributed by atoms with Gasteiger partial charge in [-0.3, -0.25) is 4.55 Å². The molecule has 0 bridgehead atoms. The topological polar surface area (TPSA) is 110 Å². The molecule has 24 heavy (non-hydrogen) atoms. The van der Waals surface area contributed by atoms with Crippen molar-refractivity contribution in [2.45, 2.75) is 30.6 Å². The molecule has 0 fully saturated rings. The number of halogens is 2. The number of aliphatic hydroxyl groups excluding tert-OH is 1. The van der Waals surface area contributed by atoms with Crippen LogP contribution in [-0.4, -0.2) is 42.5 Å². The van der Waals surface area contributed by atoms with Crippen molar-refractivity contribution in [2.24, 2.45) is 0 Å². The summed E-state index contributed by atoms with van der Waals surface area (Å²) in [5, 5.41) is 4.81. The number of rotatable bonds is 6. The molecule has 1 unspecified atom stereocenters. The lowest BCUT2D eigenvalue weighted by atomic mass is 9.89. The van der Waals surface area contributed by atoms with Crippen LogP contribution in [0.15, 0.2) is 18.2 Å². The van der Waals surface area contributed by atoms with Gasteiger partial charge in [-0.05, 0) is 42.5 Å². The van der Waals surface area contributed by atoms with Crippen molar-refractivity contribution in [2.75, 3.05) is 13.2 Å². The third-order valence-corrected chi connectivity index (χ3v) is 4.36. The van der Waals surface area contributed by atoms with Crippen molar-refractivity contribution in [3.05, 3.63) is 29.3 Å². The van der Waals surface area contributed by atoms with Gasteiger partial charge < -0.3 is 14.6 Å². The number of benzene rings is 1. The van der Waals surface area contributed by atoms with Gasteiger partial charge in [0.15, 0.2) is 0 Å². The first-order valence-electron chi connectivity index (χ1n) is 7.08. The van der Waals surface area contributed by atoms with Crippen LogP contribution in [0.5, 0.6) is 5.75 Å². The lowest BCUT2D eigenvalue weighted by Crippen LogP contribution is -2.39. The minimum absolute atomic E-state index is 0.283. The average Bonchev–Trinajstić information content (AvgIpc) is 2.50. The third kappa shape index (κ3) is 4.00. The zero-order valence-corrected chi connectivity index (χ0v) is 13.3. The highest BCUT2D eigenvalue weighted by Gasteiger charge is 2.54. The van der Waals surface area contributed by atoms with Gasteiger partial charge >= 0.3 is 21.3 Å². The van der Waals surface area contributed by atoms with E-state index in [0.29, 0.717) is 12.2 Å². The highest BCUT2D eigenvalue weighted by atomic mass is 32.2. The number of aryl methyl sites for hydroxylation is 1. The minimum Gasteiger partial charge on any atom is -0.490 e. The predicted molar refractivity (Wildman–Crippen MR) is 77.3 cm³/mol. The Morgan fingerprint density at radius 2 is 2.04 bits per heavy atom. The normalized spacial score (nSPS) is 17.9. The molecule has 0 aromatic heterocycles. The first kappa shape index (κ1) is 18.6. The Morgan fingerprint density at radius 3 is 2.71 bits per heavy atom. The van der Waals surface area contributed by atoms with Crippen LogP contribution in [0.25, 0.3) is 0 Å². The van der Waals surface area contributed by atoms with Gasteiger partial charge in [0.2, 0.25) is 0 Å². The van der Waals surface area contributed by atoms with Gasteiger partial charge in [0.25, 0.3) is 0 Å². The second-order valence-corrected chi connectivity index (χ2v) is 6.71. The van der Waals surface area contributed by atoms with E-state index in [-0.39, 0.29) is 6.61 Å².